The third kappa shape index (κ3) is 1.18. The van der Waals surface area contributed by atoms with E-state index in [1.165, 1.54) is 0 Å². The largest absolute Gasteiger partial charge is 0.464 e. The Morgan fingerprint density at radius 3 is 3.00 bits per heavy atom. The lowest BCUT2D eigenvalue weighted by atomic mass is 10.3. The number of nitriles is 1. The van der Waals surface area contributed by atoms with Crippen molar-refractivity contribution in [2.45, 2.75) is 19.0 Å². The van der Waals surface area contributed by atoms with E-state index in [0.29, 0.717) is 0 Å². The standard InChI is InChI=1S/C7H8FNO2/c1-2-11-6(10)7(8)3-5(7)4-9/h5H,2-3H2,1H3/t5-,7+/m1/s1. The van der Waals surface area contributed by atoms with Crippen molar-refractivity contribution in [1.29, 1.82) is 5.26 Å². The lowest BCUT2D eigenvalue weighted by molar-refractivity contribution is -0.151. The first-order valence-electron chi connectivity index (χ1n) is 3.41. The van der Waals surface area contributed by atoms with Gasteiger partial charge in [0.15, 0.2) is 0 Å². The Labute approximate surface area is 63.8 Å². The molecule has 1 aliphatic rings. The summed E-state index contributed by atoms with van der Waals surface area (Å²) in [6, 6.07) is 1.69. The summed E-state index contributed by atoms with van der Waals surface area (Å²) in [5.74, 6) is -1.69. The molecule has 0 aromatic heterocycles. The molecule has 0 heterocycles. The third-order valence-electron chi connectivity index (χ3n) is 1.66. The van der Waals surface area contributed by atoms with Gasteiger partial charge in [-0.2, -0.15) is 5.26 Å². The van der Waals surface area contributed by atoms with Gasteiger partial charge >= 0.3 is 5.97 Å². The van der Waals surface area contributed by atoms with E-state index < -0.39 is 17.6 Å². The molecule has 0 N–H and O–H groups in total. The van der Waals surface area contributed by atoms with Gasteiger partial charge in [-0.15, -0.1) is 0 Å². The fourth-order valence-electron chi connectivity index (χ4n) is 0.863. The molecular formula is C7H8FNO2. The number of ether oxygens (including phenoxy) is 1. The van der Waals surface area contributed by atoms with Crippen molar-refractivity contribution in [2.24, 2.45) is 5.92 Å². The number of halogens is 1. The highest BCUT2D eigenvalue weighted by atomic mass is 19.1. The highest BCUT2D eigenvalue weighted by molar-refractivity contribution is 5.84. The molecule has 1 aliphatic carbocycles. The third-order valence-corrected chi connectivity index (χ3v) is 1.66. The fourth-order valence-corrected chi connectivity index (χ4v) is 0.863. The van der Waals surface area contributed by atoms with E-state index in [4.69, 9.17) is 5.26 Å². The molecule has 0 aromatic rings. The maximum Gasteiger partial charge on any atom is 0.345 e. The molecule has 60 valence electrons. The SMILES string of the molecule is CCOC(=O)[C@]1(F)C[C@@H]1C#N. The molecule has 1 saturated carbocycles. The van der Waals surface area contributed by atoms with Gasteiger partial charge in [-0.1, -0.05) is 0 Å². The minimum Gasteiger partial charge on any atom is -0.464 e. The van der Waals surface area contributed by atoms with Gasteiger partial charge in [-0.25, -0.2) is 9.18 Å². The molecule has 2 atom stereocenters. The lowest BCUT2D eigenvalue weighted by Gasteiger charge is -2.03. The number of nitrogens with zero attached hydrogens (tertiary/aromatic N) is 1. The second-order valence-electron chi connectivity index (χ2n) is 2.47. The first-order chi connectivity index (χ1) is 5.15. The Morgan fingerprint density at radius 1 is 2.00 bits per heavy atom. The average molecular weight is 157 g/mol. The van der Waals surface area contributed by atoms with Crippen LogP contribution in [0, 0.1) is 17.2 Å². The molecule has 0 bridgehead atoms. The van der Waals surface area contributed by atoms with E-state index >= 15 is 0 Å². The number of hydrogen-bond acceptors (Lipinski definition) is 3. The maximum absolute atomic E-state index is 13.0. The molecule has 0 aromatic carbocycles. The van der Waals surface area contributed by atoms with Gasteiger partial charge in [0.25, 0.3) is 0 Å². The summed E-state index contributed by atoms with van der Waals surface area (Å²) < 4.78 is 17.5. The first-order valence-corrected chi connectivity index (χ1v) is 3.41. The lowest BCUT2D eigenvalue weighted by Crippen LogP contribution is -2.22. The Hall–Kier alpha value is -1.11. The van der Waals surface area contributed by atoms with Crippen LogP contribution in [0.5, 0.6) is 0 Å². The normalized spacial score (nSPS) is 34.1. The number of rotatable bonds is 2. The monoisotopic (exact) mass is 157 g/mol. The van der Waals surface area contributed by atoms with Crippen LogP contribution in [-0.2, 0) is 9.53 Å². The van der Waals surface area contributed by atoms with Gasteiger partial charge in [-0.3, -0.25) is 0 Å². The number of alkyl halides is 1. The predicted molar refractivity (Wildman–Crippen MR) is 34.2 cm³/mol. The molecule has 4 heteroatoms. The van der Waals surface area contributed by atoms with Crippen molar-refractivity contribution in [3.8, 4) is 6.07 Å². The van der Waals surface area contributed by atoms with Crippen molar-refractivity contribution in [3.63, 3.8) is 0 Å². The van der Waals surface area contributed by atoms with Crippen LogP contribution < -0.4 is 0 Å². The van der Waals surface area contributed by atoms with Gasteiger partial charge in [0.1, 0.15) is 0 Å². The van der Waals surface area contributed by atoms with Gasteiger partial charge in [0, 0.05) is 6.42 Å². The van der Waals surface area contributed by atoms with Crippen LogP contribution in [0.4, 0.5) is 4.39 Å². The summed E-state index contributed by atoms with van der Waals surface area (Å²) in [4.78, 5) is 10.7. The van der Waals surface area contributed by atoms with Crippen LogP contribution >= 0.6 is 0 Å². The quantitative estimate of drug-likeness (QED) is 0.557. The minimum atomic E-state index is -2.00. The Bertz CT molecular complexity index is 223. The topological polar surface area (TPSA) is 50.1 Å². The first kappa shape index (κ1) is 7.99. The predicted octanol–water partition coefficient (Wildman–Crippen LogP) is 0.801. The number of carbonyl (C=O) groups is 1. The zero-order valence-corrected chi connectivity index (χ0v) is 6.13. The highest BCUT2D eigenvalue weighted by Crippen LogP contribution is 2.47. The van der Waals surface area contributed by atoms with Crippen molar-refractivity contribution in [1.82, 2.24) is 0 Å². The number of carbonyl (C=O) groups excluding carboxylic acids is 1. The van der Waals surface area contributed by atoms with Gasteiger partial charge in [-0.05, 0) is 6.92 Å². The van der Waals surface area contributed by atoms with E-state index in [2.05, 4.69) is 4.74 Å². The smallest absolute Gasteiger partial charge is 0.345 e. The summed E-state index contributed by atoms with van der Waals surface area (Å²) >= 11 is 0. The molecule has 0 aliphatic heterocycles. The van der Waals surface area contributed by atoms with Crippen LogP contribution in [0.25, 0.3) is 0 Å². The number of hydrogen-bond donors (Lipinski definition) is 0. The summed E-state index contributed by atoms with van der Waals surface area (Å²) in [5.41, 5.74) is -2.00. The Morgan fingerprint density at radius 2 is 2.64 bits per heavy atom. The summed E-state index contributed by atoms with van der Waals surface area (Å²) in [6.07, 6.45) is -0.0116. The zero-order chi connectivity index (χ0) is 8.48. The molecule has 0 radical (unpaired) electrons. The summed E-state index contributed by atoms with van der Waals surface area (Å²) in [6.45, 7) is 1.76. The van der Waals surface area contributed by atoms with E-state index in [9.17, 15) is 9.18 Å². The van der Waals surface area contributed by atoms with E-state index in [1.54, 1.807) is 13.0 Å². The van der Waals surface area contributed by atoms with Crippen LogP contribution in [0.15, 0.2) is 0 Å². The highest BCUT2D eigenvalue weighted by Gasteiger charge is 2.63. The zero-order valence-electron chi connectivity index (χ0n) is 6.13. The van der Waals surface area contributed by atoms with Crippen molar-refractivity contribution in [2.75, 3.05) is 6.61 Å². The summed E-state index contributed by atoms with van der Waals surface area (Å²) in [5, 5.41) is 8.26. The van der Waals surface area contributed by atoms with Crippen molar-refractivity contribution in [3.05, 3.63) is 0 Å². The van der Waals surface area contributed by atoms with Crippen LogP contribution in [0.3, 0.4) is 0 Å². The second-order valence-corrected chi connectivity index (χ2v) is 2.47. The second kappa shape index (κ2) is 2.50. The van der Waals surface area contributed by atoms with Crippen molar-refractivity contribution >= 4 is 5.97 Å². The average Bonchev–Trinajstić information content (AvgIpc) is 2.64. The van der Waals surface area contributed by atoms with Gasteiger partial charge in [0.05, 0.1) is 18.6 Å². The molecule has 0 amide bonds. The van der Waals surface area contributed by atoms with E-state index in [-0.39, 0.29) is 13.0 Å². The molecule has 3 nitrogen and oxygen atoms in total. The molecule has 0 unspecified atom stereocenters. The number of esters is 1. The van der Waals surface area contributed by atoms with Crippen LogP contribution in [-0.4, -0.2) is 18.2 Å². The van der Waals surface area contributed by atoms with Crippen molar-refractivity contribution < 1.29 is 13.9 Å². The van der Waals surface area contributed by atoms with Crippen LogP contribution in [0.2, 0.25) is 0 Å². The molecular weight excluding hydrogens is 149 g/mol. The molecule has 1 fully saturated rings. The summed E-state index contributed by atoms with van der Waals surface area (Å²) in [7, 11) is 0. The van der Waals surface area contributed by atoms with E-state index in [0.717, 1.165) is 0 Å². The van der Waals surface area contributed by atoms with Gasteiger partial charge < -0.3 is 4.74 Å². The fraction of sp³-hybridized carbons (Fsp3) is 0.714. The molecule has 0 spiro atoms. The molecule has 11 heavy (non-hydrogen) atoms. The van der Waals surface area contributed by atoms with E-state index in [1.807, 2.05) is 0 Å². The van der Waals surface area contributed by atoms with Gasteiger partial charge in [0.2, 0.25) is 5.67 Å². The molecule has 1 rings (SSSR count). The minimum absolute atomic E-state index is 0.0116. The molecule has 0 saturated heterocycles. The van der Waals surface area contributed by atoms with Crippen LogP contribution in [0.1, 0.15) is 13.3 Å². The Kier molecular flexibility index (Phi) is 1.81. The maximum atomic E-state index is 13.0. The Balaban J connectivity index is 2.51.